The fraction of sp³-hybridized carbons (Fsp3) is 0.276. The molecule has 0 radical (unpaired) electrons. The highest BCUT2D eigenvalue weighted by Gasteiger charge is 2.37. The first-order chi connectivity index (χ1) is 17.6. The third-order valence-corrected chi connectivity index (χ3v) is 7.43. The van der Waals surface area contributed by atoms with E-state index in [9.17, 15) is 14.4 Å². The van der Waals surface area contributed by atoms with Crippen molar-refractivity contribution in [3.05, 3.63) is 82.8 Å². The Hall–Kier alpha value is -3.58. The summed E-state index contributed by atoms with van der Waals surface area (Å²) in [5, 5.41) is 1.97. The first kappa shape index (κ1) is 24.1. The van der Waals surface area contributed by atoms with Gasteiger partial charge in [0.2, 0.25) is 5.91 Å². The van der Waals surface area contributed by atoms with Crippen LogP contribution in [-0.4, -0.2) is 46.5 Å². The molecule has 2 aliphatic heterocycles. The molecule has 0 aromatic heterocycles. The van der Waals surface area contributed by atoms with E-state index < -0.39 is 11.1 Å². The van der Waals surface area contributed by atoms with E-state index in [0.29, 0.717) is 24.6 Å². The summed E-state index contributed by atoms with van der Waals surface area (Å²) in [6, 6.07) is 21.9. The predicted molar refractivity (Wildman–Crippen MR) is 142 cm³/mol. The SMILES string of the molecule is O=C(CN1C(=O)SC(=Cc2ccc(OCc3ccc4ccccc4c3)cc2)C1=O)N1CCCCCC1. The van der Waals surface area contributed by atoms with E-state index in [-0.39, 0.29) is 12.5 Å². The van der Waals surface area contributed by atoms with Gasteiger partial charge in [-0.05, 0) is 70.8 Å². The highest BCUT2D eigenvalue weighted by molar-refractivity contribution is 8.18. The lowest BCUT2D eigenvalue weighted by molar-refractivity contribution is -0.135. The fourth-order valence-electron chi connectivity index (χ4n) is 4.50. The molecular weight excluding hydrogens is 472 g/mol. The van der Waals surface area contributed by atoms with Gasteiger partial charge in [-0.3, -0.25) is 19.3 Å². The second-order valence-corrected chi connectivity index (χ2v) is 10.1. The summed E-state index contributed by atoms with van der Waals surface area (Å²) in [7, 11) is 0. The topological polar surface area (TPSA) is 66.9 Å². The molecule has 7 heteroatoms. The van der Waals surface area contributed by atoms with Crippen LogP contribution in [0.1, 0.15) is 36.8 Å². The Morgan fingerprint density at radius 3 is 2.36 bits per heavy atom. The van der Waals surface area contributed by atoms with Crippen LogP contribution in [0.15, 0.2) is 71.6 Å². The number of thioether (sulfide) groups is 1. The van der Waals surface area contributed by atoms with Crippen LogP contribution in [0.2, 0.25) is 0 Å². The second kappa shape index (κ2) is 11.0. The third-order valence-electron chi connectivity index (χ3n) is 6.52. The van der Waals surface area contributed by atoms with Gasteiger partial charge >= 0.3 is 0 Å². The summed E-state index contributed by atoms with van der Waals surface area (Å²) in [4.78, 5) is 41.1. The van der Waals surface area contributed by atoms with Crippen LogP contribution < -0.4 is 4.74 Å². The molecule has 0 N–H and O–H groups in total. The zero-order chi connectivity index (χ0) is 24.9. The van der Waals surface area contributed by atoms with Crippen LogP contribution >= 0.6 is 11.8 Å². The van der Waals surface area contributed by atoms with Gasteiger partial charge in [-0.15, -0.1) is 0 Å². The highest BCUT2D eigenvalue weighted by atomic mass is 32.2. The summed E-state index contributed by atoms with van der Waals surface area (Å²) in [6.45, 7) is 1.65. The van der Waals surface area contributed by atoms with Crippen LogP contribution in [0.5, 0.6) is 5.75 Å². The number of rotatable bonds is 6. The number of nitrogens with zero attached hydrogens (tertiary/aromatic N) is 2. The molecule has 6 nitrogen and oxygen atoms in total. The van der Waals surface area contributed by atoms with Crippen molar-refractivity contribution in [2.75, 3.05) is 19.6 Å². The molecule has 0 unspecified atom stereocenters. The molecule has 0 bridgehead atoms. The van der Waals surface area contributed by atoms with Crippen molar-refractivity contribution < 1.29 is 19.1 Å². The number of fused-ring (bicyclic) bond motifs is 1. The van der Waals surface area contributed by atoms with Gasteiger partial charge in [0.1, 0.15) is 18.9 Å². The summed E-state index contributed by atoms with van der Waals surface area (Å²) in [5.41, 5.74) is 1.87. The molecule has 3 amide bonds. The third kappa shape index (κ3) is 5.62. The number of carbonyl (C=O) groups is 3. The van der Waals surface area contributed by atoms with E-state index in [1.807, 2.05) is 36.4 Å². The van der Waals surface area contributed by atoms with Crippen molar-refractivity contribution in [2.24, 2.45) is 0 Å². The van der Waals surface area contributed by atoms with E-state index in [1.54, 1.807) is 11.0 Å². The normalized spacial score (nSPS) is 17.6. The summed E-state index contributed by atoms with van der Waals surface area (Å²) < 4.78 is 5.93. The highest BCUT2D eigenvalue weighted by Crippen LogP contribution is 2.32. The Morgan fingerprint density at radius 1 is 0.889 bits per heavy atom. The maximum atomic E-state index is 12.8. The van der Waals surface area contributed by atoms with Gasteiger partial charge in [0, 0.05) is 13.1 Å². The predicted octanol–water partition coefficient (Wildman–Crippen LogP) is 5.86. The van der Waals surface area contributed by atoms with E-state index >= 15 is 0 Å². The molecule has 2 fully saturated rings. The molecule has 3 aromatic carbocycles. The van der Waals surface area contributed by atoms with Crippen molar-refractivity contribution in [3.63, 3.8) is 0 Å². The lowest BCUT2D eigenvalue weighted by Gasteiger charge is -2.22. The van der Waals surface area contributed by atoms with Gasteiger partial charge in [-0.2, -0.15) is 0 Å². The zero-order valence-electron chi connectivity index (χ0n) is 20.0. The Bertz CT molecular complexity index is 1310. The van der Waals surface area contributed by atoms with Gasteiger partial charge in [-0.25, -0.2) is 0 Å². The summed E-state index contributed by atoms with van der Waals surface area (Å²) in [6.07, 6.45) is 5.85. The number of likely N-dealkylation sites (tertiary alicyclic amines) is 1. The smallest absolute Gasteiger partial charge is 0.294 e. The molecule has 2 saturated heterocycles. The molecule has 2 heterocycles. The summed E-state index contributed by atoms with van der Waals surface area (Å²) >= 11 is 0.879. The number of ether oxygens (including phenoxy) is 1. The average Bonchev–Trinajstić information content (AvgIpc) is 3.08. The lowest BCUT2D eigenvalue weighted by Crippen LogP contribution is -2.42. The minimum atomic E-state index is -0.412. The number of benzene rings is 3. The lowest BCUT2D eigenvalue weighted by atomic mass is 10.1. The Morgan fingerprint density at radius 2 is 1.61 bits per heavy atom. The number of hydrogen-bond acceptors (Lipinski definition) is 5. The van der Waals surface area contributed by atoms with Crippen LogP contribution in [-0.2, 0) is 16.2 Å². The maximum Gasteiger partial charge on any atom is 0.294 e. The Balaban J connectivity index is 1.19. The molecule has 5 rings (SSSR count). The monoisotopic (exact) mass is 500 g/mol. The van der Waals surface area contributed by atoms with Crippen LogP contribution in [0.4, 0.5) is 4.79 Å². The molecule has 0 saturated carbocycles. The molecule has 36 heavy (non-hydrogen) atoms. The van der Waals surface area contributed by atoms with Gasteiger partial charge in [0.25, 0.3) is 11.1 Å². The first-order valence-electron chi connectivity index (χ1n) is 12.3. The molecule has 3 aromatic rings. The Labute approximate surface area is 214 Å². The van der Waals surface area contributed by atoms with E-state index in [2.05, 4.69) is 30.3 Å². The number of hydrogen-bond donors (Lipinski definition) is 0. The van der Waals surface area contributed by atoms with Crippen molar-refractivity contribution in [2.45, 2.75) is 32.3 Å². The van der Waals surface area contributed by atoms with Gasteiger partial charge in [-0.1, -0.05) is 61.4 Å². The molecule has 2 aliphatic rings. The van der Waals surface area contributed by atoms with Crippen molar-refractivity contribution in [1.29, 1.82) is 0 Å². The number of amides is 3. The molecule has 0 spiro atoms. The van der Waals surface area contributed by atoms with E-state index in [0.717, 1.165) is 59.2 Å². The summed E-state index contributed by atoms with van der Waals surface area (Å²) in [5.74, 6) is 0.148. The molecule has 184 valence electrons. The second-order valence-electron chi connectivity index (χ2n) is 9.10. The van der Waals surface area contributed by atoms with Crippen molar-refractivity contribution in [1.82, 2.24) is 9.80 Å². The minimum absolute atomic E-state index is 0.159. The minimum Gasteiger partial charge on any atom is -0.489 e. The molecule has 0 aliphatic carbocycles. The fourth-order valence-corrected chi connectivity index (χ4v) is 5.34. The van der Waals surface area contributed by atoms with Crippen LogP contribution in [0, 0.1) is 0 Å². The number of imide groups is 1. The molecule has 0 atom stereocenters. The van der Waals surface area contributed by atoms with Gasteiger partial charge < -0.3 is 9.64 Å². The first-order valence-corrected chi connectivity index (χ1v) is 13.1. The van der Waals surface area contributed by atoms with Crippen molar-refractivity contribution >= 4 is 45.7 Å². The van der Waals surface area contributed by atoms with Gasteiger partial charge in [0.05, 0.1) is 4.91 Å². The van der Waals surface area contributed by atoms with Crippen LogP contribution in [0.25, 0.3) is 16.8 Å². The zero-order valence-corrected chi connectivity index (χ0v) is 20.8. The van der Waals surface area contributed by atoms with Crippen molar-refractivity contribution in [3.8, 4) is 5.75 Å². The van der Waals surface area contributed by atoms with E-state index in [1.165, 1.54) is 10.8 Å². The Kier molecular flexibility index (Phi) is 7.37. The van der Waals surface area contributed by atoms with Gasteiger partial charge in [0.15, 0.2) is 0 Å². The molecular formula is C29H28N2O4S. The maximum absolute atomic E-state index is 12.8. The van der Waals surface area contributed by atoms with E-state index in [4.69, 9.17) is 4.74 Å². The standard InChI is InChI=1S/C29H28N2O4S/c32-27(30-15-5-1-2-6-16-30)19-31-28(33)26(36-29(31)34)18-21-10-13-25(14-11-21)35-20-22-9-12-23-7-3-4-8-24(23)17-22/h3-4,7-14,17-18H,1-2,5-6,15-16,19-20H2. The quantitative estimate of drug-likeness (QED) is 0.397. The van der Waals surface area contributed by atoms with Crippen LogP contribution in [0.3, 0.4) is 0 Å². The number of carbonyl (C=O) groups excluding carboxylic acids is 3. The largest absolute Gasteiger partial charge is 0.489 e. The average molecular weight is 501 g/mol.